The molecule has 1 aromatic heterocycles. The number of carboxylic acid groups (broad SMARTS) is 1. The summed E-state index contributed by atoms with van der Waals surface area (Å²) in [6, 6.07) is 2.46. The van der Waals surface area contributed by atoms with Crippen LogP contribution >= 0.6 is 0 Å². The van der Waals surface area contributed by atoms with E-state index in [-0.39, 0.29) is 5.82 Å². The SMILES string of the molecule is N/C=C(/C(=O)O)C(=Nc1cccnn1)C(F)(F)F. The Morgan fingerprint density at radius 1 is 1.50 bits per heavy atom. The third kappa shape index (κ3) is 3.27. The minimum atomic E-state index is -4.97. The minimum absolute atomic E-state index is 0.324. The lowest BCUT2D eigenvalue weighted by Gasteiger charge is -2.10. The Morgan fingerprint density at radius 3 is 2.56 bits per heavy atom. The quantitative estimate of drug-likeness (QED) is 0.624. The van der Waals surface area contributed by atoms with Gasteiger partial charge in [-0.3, -0.25) is 0 Å². The van der Waals surface area contributed by atoms with E-state index < -0.39 is 23.4 Å². The largest absolute Gasteiger partial charge is 0.478 e. The van der Waals surface area contributed by atoms with Crippen molar-refractivity contribution in [1.82, 2.24) is 10.2 Å². The monoisotopic (exact) mass is 260 g/mol. The first kappa shape index (κ1) is 13.6. The number of aliphatic carboxylic acids is 1. The molecule has 0 spiro atoms. The number of aliphatic imine (C=N–C) groups is 1. The van der Waals surface area contributed by atoms with Crippen LogP contribution in [0.3, 0.4) is 0 Å². The molecule has 6 nitrogen and oxygen atoms in total. The molecule has 0 aliphatic rings. The Bertz CT molecular complexity index is 496. The van der Waals surface area contributed by atoms with E-state index in [0.29, 0.717) is 6.20 Å². The molecule has 0 fully saturated rings. The number of hydrogen-bond donors (Lipinski definition) is 2. The molecule has 0 atom stereocenters. The fourth-order valence-electron chi connectivity index (χ4n) is 0.995. The molecular weight excluding hydrogens is 253 g/mol. The summed E-state index contributed by atoms with van der Waals surface area (Å²) in [4.78, 5) is 13.8. The van der Waals surface area contributed by atoms with Crippen LogP contribution in [0.4, 0.5) is 19.0 Å². The molecule has 1 aromatic rings. The zero-order valence-electron chi connectivity index (χ0n) is 8.72. The molecule has 0 radical (unpaired) electrons. The Morgan fingerprint density at radius 2 is 2.17 bits per heavy atom. The van der Waals surface area contributed by atoms with Gasteiger partial charge in [-0.1, -0.05) is 0 Å². The van der Waals surface area contributed by atoms with Gasteiger partial charge < -0.3 is 10.8 Å². The van der Waals surface area contributed by atoms with Crippen molar-refractivity contribution in [3.63, 3.8) is 0 Å². The highest BCUT2D eigenvalue weighted by Gasteiger charge is 2.40. The average Bonchev–Trinajstić information content (AvgIpc) is 2.28. The minimum Gasteiger partial charge on any atom is -0.478 e. The Labute approximate surface area is 98.7 Å². The van der Waals surface area contributed by atoms with Gasteiger partial charge in [-0.2, -0.15) is 18.3 Å². The first-order chi connectivity index (χ1) is 8.36. The van der Waals surface area contributed by atoms with Gasteiger partial charge in [-0.15, -0.1) is 5.10 Å². The molecule has 0 amide bonds. The fraction of sp³-hybridized carbons (Fsp3) is 0.111. The van der Waals surface area contributed by atoms with E-state index in [1.807, 2.05) is 0 Å². The second kappa shape index (κ2) is 5.25. The summed E-state index contributed by atoms with van der Waals surface area (Å²) in [5.74, 6) is -2.21. The van der Waals surface area contributed by atoms with E-state index in [1.165, 1.54) is 12.3 Å². The van der Waals surface area contributed by atoms with Crippen molar-refractivity contribution < 1.29 is 23.1 Å². The molecule has 0 aliphatic carbocycles. The van der Waals surface area contributed by atoms with Gasteiger partial charge in [0, 0.05) is 12.4 Å². The third-order valence-corrected chi connectivity index (χ3v) is 1.71. The molecule has 1 rings (SSSR count). The van der Waals surface area contributed by atoms with E-state index in [2.05, 4.69) is 15.2 Å². The lowest BCUT2D eigenvalue weighted by Crippen LogP contribution is -2.29. The number of aromatic nitrogens is 2. The Kier molecular flexibility index (Phi) is 3.97. The zero-order chi connectivity index (χ0) is 13.8. The second-order valence-electron chi connectivity index (χ2n) is 2.93. The molecule has 3 N–H and O–H groups in total. The van der Waals surface area contributed by atoms with Crippen LogP contribution in [0.15, 0.2) is 35.1 Å². The summed E-state index contributed by atoms with van der Waals surface area (Å²) in [6.45, 7) is 0. The summed E-state index contributed by atoms with van der Waals surface area (Å²) in [5.41, 5.74) is 2.07. The predicted octanol–water partition coefficient (Wildman–Crippen LogP) is 1.04. The highest BCUT2D eigenvalue weighted by atomic mass is 19.4. The Hall–Kier alpha value is -2.45. The molecule has 18 heavy (non-hydrogen) atoms. The highest BCUT2D eigenvalue weighted by molar-refractivity contribution is 6.21. The first-order valence-corrected chi connectivity index (χ1v) is 4.45. The van der Waals surface area contributed by atoms with Crippen LogP contribution in [-0.2, 0) is 4.79 Å². The van der Waals surface area contributed by atoms with E-state index in [9.17, 15) is 18.0 Å². The van der Waals surface area contributed by atoms with Crippen molar-refractivity contribution in [3.05, 3.63) is 30.1 Å². The van der Waals surface area contributed by atoms with Crippen LogP contribution in [0.1, 0.15) is 0 Å². The summed E-state index contributed by atoms with van der Waals surface area (Å²) in [7, 11) is 0. The van der Waals surface area contributed by atoms with Crippen molar-refractivity contribution in [3.8, 4) is 0 Å². The van der Waals surface area contributed by atoms with Crippen LogP contribution in [0, 0.1) is 0 Å². The van der Waals surface area contributed by atoms with Crippen LogP contribution in [0.25, 0.3) is 0 Å². The lowest BCUT2D eigenvalue weighted by atomic mass is 10.1. The van der Waals surface area contributed by atoms with Crippen molar-refractivity contribution in [1.29, 1.82) is 0 Å². The summed E-state index contributed by atoms with van der Waals surface area (Å²) >= 11 is 0. The highest BCUT2D eigenvalue weighted by Crippen LogP contribution is 2.24. The van der Waals surface area contributed by atoms with Gasteiger partial charge in [-0.25, -0.2) is 9.79 Å². The molecule has 0 unspecified atom stereocenters. The molecular formula is C9H7F3N4O2. The number of rotatable bonds is 3. The van der Waals surface area contributed by atoms with Crippen molar-refractivity contribution >= 4 is 17.5 Å². The van der Waals surface area contributed by atoms with Crippen LogP contribution < -0.4 is 5.73 Å². The summed E-state index contributed by atoms with van der Waals surface area (Å²) in [5, 5.41) is 15.3. The van der Waals surface area contributed by atoms with E-state index >= 15 is 0 Å². The smallest absolute Gasteiger partial charge is 0.434 e. The molecule has 0 saturated carbocycles. The zero-order valence-corrected chi connectivity index (χ0v) is 8.72. The van der Waals surface area contributed by atoms with Gasteiger partial charge in [0.1, 0.15) is 5.57 Å². The fourth-order valence-corrected chi connectivity index (χ4v) is 0.995. The average molecular weight is 260 g/mol. The lowest BCUT2D eigenvalue weighted by molar-refractivity contribution is -0.132. The number of carboxylic acids is 1. The number of alkyl halides is 3. The van der Waals surface area contributed by atoms with Crippen molar-refractivity contribution in [2.45, 2.75) is 6.18 Å². The molecule has 0 aromatic carbocycles. The van der Waals surface area contributed by atoms with Gasteiger partial charge in [0.15, 0.2) is 11.5 Å². The van der Waals surface area contributed by atoms with Crippen molar-refractivity contribution in [2.24, 2.45) is 10.7 Å². The topological polar surface area (TPSA) is 101 Å². The molecule has 0 saturated heterocycles. The number of halogens is 3. The molecule has 0 bridgehead atoms. The molecule has 1 heterocycles. The van der Waals surface area contributed by atoms with Gasteiger partial charge in [0.05, 0.1) is 0 Å². The van der Waals surface area contributed by atoms with Gasteiger partial charge >= 0.3 is 12.1 Å². The predicted molar refractivity (Wildman–Crippen MR) is 55.1 cm³/mol. The molecule has 96 valence electrons. The molecule has 9 heteroatoms. The Balaban J connectivity index is 3.32. The van der Waals surface area contributed by atoms with Gasteiger partial charge in [0.25, 0.3) is 0 Å². The van der Waals surface area contributed by atoms with Crippen LogP contribution in [0.2, 0.25) is 0 Å². The van der Waals surface area contributed by atoms with E-state index in [1.54, 1.807) is 0 Å². The number of hydrogen-bond acceptors (Lipinski definition) is 5. The van der Waals surface area contributed by atoms with Gasteiger partial charge in [0.2, 0.25) is 0 Å². The maximum atomic E-state index is 12.7. The number of nitrogens with zero attached hydrogens (tertiary/aromatic N) is 3. The van der Waals surface area contributed by atoms with Crippen LogP contribution in [0.5, 0.6) is 0 Å². The van der Waals surface area contributed by atoms with E-state index in [4.69, 9.17) is 10.8 Å². The maximum absolute atomic E-state index is 12.7. The van der Waals surface area contributed by atoms with E-state index in [0.717, 1.165) is 6.07 Å². The summed E-state index contributed by atoms with van der Waals surface area (Å²) in [6.07, 6.45) is -3.41. The van der Waals surface area contributed by atoms with Crippen molar-refractivity contribution in [2.75, 3.05) is 0 Å². The normalized spacial score (nSPS) is 13.5. The second-order valence-corrected chi connectivity index (χ2v) is 2.93. The molecule has 0 aliphatic heterocycles. The number of carbonyl (C=O) groups is 1. The number of nitrogens with two attached hydrogens (primary N) is 1. The third-order valence-electron chi connectivity index (χ3n) is 1.71. The van der Waals surface area contributed by atoms with Crippen LogP contribution in [-0.4, -0.2) is 33.2 Å². The maximum Gasteiger partial charge on any atom is 0.434 e. The van der Waals surface area contributed by atoms with Gasteiger partial charge in [-0.05, 0) is 12.1 Å². The summed E-state index contributed by atoms with van der Waals surface area (Å²) < 4.78 is 38.0. The standard InChI is InChI=1S/C9H7F3N4O2/c10-9(11,12)7(5(4-13)8(17)18)15-6-2-1-3-14-16-6/h1-4H,13H2,(H,17,18)/b5-4+,15-7?. The first-order valence-electron chi connectivity index (χ1n) is 4.45.